The number of benzene rings is 1. The number of fused-ring (bicyclic) bond motifs is 4. The number of nitrogens with one attached hydrogen (secondary N) is 1. The highest BCUT2D eigenvalue weighted by atomic mass is 35.5. The van der Waals surface area contributed by atoms with E-state index in [0.29, 0.717) is 22.3 Å². The first-order valence-corrected chi connectivity index (χ1v) is 8.58. The van der Waals surface area contributed by atoms with E-state index in [1.165, 1.54) is 0 Å². The maximum Gasteiger partial charge on any atom is 0.287 e. The number of amides is 1. The van der Waals surface area contributed by atoms with Crippen LogP contribution in [-0.2, 0) is 0 Å². The maximum absolute atomic E-state index is 12.7. The average molecular weight is 333 g/mol. The van der Waals surface area contributed by atoms with Crippen molar-refractivity contribution in [2.75, 3.05) is 13.1 Å². The summed E-state index contributed by atoms with van der Waals surface area (Å²) in [6.07, 6.45) is 2.31. The molecule has 0 unspecified atom stereocenters. The van der Waals surface area contributed by atoms with Crippen LogP contribution in [-0.4, -0.2) is 35.5 Å². The number of halogens is 1. The molecule has 1 aromatic carbocycles. The highest BCUT2D eigenvalue weighted by Crippen LogP contribution is 2.39. The van der Waals surface area contributed by atoms with Crippen LogP contribution in [0.25, 0.3) is 11.0 Å². The maximum atomic E-state index is 12.7. The zero-order valence-electron chi connectivity index (χ0n) is 13.4. The van der Waals surface area contributed by atoms with Gasteiger partial charge < -0.3 is 9.73 Å². The summed E-state index contributed by atoms with van der Waals surface area (Å²) in [7, 11) is 0. The second-order valence-corrected chi connectivity index (χ2v) is 7.66. The second-order valence-electron chi connectivity index (χ2n) is 7.22. The van der Waals surface area contributed by atoms with Crippen molar-refractivity contribution in [2.45, 2.75) is 38.3 Å². The van der Waals surface area contributed by atoms with E-state index in [0.717, 1.165) is 31.3 Å². The van der Waals surface area contributed by atoms with Gasteiger partial charge in [-0.1, -0.05) is 11.6 Å². The van der Waals surface area contributed by atoms with Crippen LogP contribution in [0.15, 0.2) is 28.7 Å². The molecule has 4 nitrogen and oxygen atoms in total. The Labute approximate surface area is 140 Å². The van der Waals surface area contributed by atoms with Crippen LogP contribution in [0.1, 0.15) is 37.2 Å². The molecule has 0 spiro atoms. The van der Waals surface area contributed by atoms with Crippen molar-refractivity contribution in [2.24, 2.45) is 5.92 Å². The fraction of sp³-hybridized carbons (Fsp3) is 0.500. The number of piperidine rings is 3. The summed E-state index contributed by atoms with van der Waals surface area (Å²) >= 11 is 5.98. The molecule has 3 fully saturated rings. The van der Waals surface area contributed by atoms with Crippen molar-refractivity contribution in [1.82, 2.24) is 10.2 Å². The molecule has 1 atom stereocenters. The van der Waals surface area contributed by atoms with Gasteiger partial charge >= 0.3 is 0 Å². The fourth-order valence-electron chi connectivity index (χ4n) is 4.21. The monoisotopic (exact) mass is 332 g/mol. The van der Waals surface area contributed by atoms with E-state index in [9.17, 15) is 4.79 Å². The van der Waals surface area contributed by atoms with Crippen molar-refractivity contribution in [3.63, 3.8) is 0 Å². The van der Waals surface area contributed by atoms with E-state index in [1.807, 2.05) is 6.07 Å². The van der Waals surface area contributed by atoms with E-state index in [2.05, 4.69) is 24.1 Å². The lowest BCUT2D eigenvalue weighted by molar-refractivity contribution is -0.0380. The molecule has 2 aromatic rings. The number of hydrogen-bond donors (Lipinski definition) is 1. The van der Waals surface area contributed by atoms with Gasteiger partial charge in [0.1, 0.15) is 5.58 Å². The van der Waals surface area contributed by atoms with Gasteiger partial charge in [0, 0.05) is 28.1 Å². The fourth-order valence-corrected chi connectivity index (χ4v) is 4.37. The van der Waals surface area contributed by atoms with Crippen molar-refractivity contribution in [1.29, 1.82) is 0 Å². The molecule has 3 aliphatic heterocycles. The molecule has 4 heterocycles. The quantitative estimate of drug-likeness (QED) is 0.912. The Balaban J connectivity index is 1.59. The Hall–Kier alpha value is -1.52. The Bertz CT molecular complexity index is 759. The molecule has 5 rings (SSSR count). The Morgan fingerprint density at radius 1 is 1.30 bits per heavy atom. The number of furan rings is 1. The first kappa shape index (κ1) is 15.0. The predicted octanol–water partition coefficient (Wildman–Crippen LogP) is 3.69. The minimum absolute atomic E-state index is 0.00779. The third-order valence-electron chi connectivity index (χ3n) is 5.58. The lowest BCUT2D eigenvalue weighted by Gasteiger charge is -2.56. The third kappa shape index (κ3) is 2.45. The summed E-state index contributed by atoms with van der Waals surface area (Å²) in [6, 6.07) is 7.36. The van der Waals surface area contributed by atoms with E-state index >= 15 is 0 Å². The Kier molecular flexibility index (Phi) is 3.43. The molecular weight excluding hydrogens is 312 g/mol. The molecule has 1 aromatic heterocycles. The minimum atomic E-state index is -0.135. The molecule has 5 heteroatoms. The van der Waals surface area contributed by atoms with Crippen LogP contribution in [0.3, 0.4) is 0 Å². The van der Waals surface area contributed by atoms with Gasteiger partial charge in [-0.2, -0.15) is 0 Å². The number of nitrogens with zero attached hydrogens (tertiary/aromatic N) is 1. The molecule has 122 valence electrons. The molecule has 0 radical (unpaired) electrons. The number of carbonyl (C=O) groups excluding carboxylic acids is 1. The van der Waals surface area contributed by atoms with E-state index in [1.54, 1.807) is 18.2 Å². The molecule has 3 saturated heterocycles. The summed E-state index contributed by atoms with van der Waals surface area (Å²) in [5, 5.41) is 4.73. The lowest BCUT2D eigenvalue weighted by Crippen LogP contribution is -2.69. The van der Waals surface area contributed by atoms with Gasteiger partial charge in [-0.15, -0.1) is 0 Å². The average Bonchev–Trinajstić information content (AvgIpc) is 2.94. The van der Waals surface area contributed by atoms with E-state index in [-0.39, 0.29) is 17.5 Å². The molecule has 0 saturated carbocycles. The summed E-state index contributed by atoms with van der Waals surface area (Å²) < 4.78 is 5.69. The molecule has 23 heavy (non-hydrogen) atoms. The topological polar surface area (TPSA) is 45.5 Å². The van der Waals surface area contributed by atoms with E-state index < -0.39 is 0 Å². The van der Waals surface area contributed by atoms with Crippen LogP contribution in [0, 0.1) is 5.92 Å². The van der Waals surface area contributed by atoms with Gasteiger partial charge in [-0.05, 0) is 63.9 Å². The first-order valence-electron chi connectivity index (χ1n) is 8.20. The smallest absolute Gasteiger partial charge is 0.287 e. The molecule has 2 bridgehead atoms. The van der Waals surface area contributed by atoms with Gasteiger partial charge in [-0.25, -0.2) is 0 Å². The van der Waals surface area contributed by atoms with Crippen molar-refractivity contribution in [3.8, 4) is 0 Å². The van der Waals surface area contributed by atoms with Gasteiger partial charge in [0.15, 0.2) is 5.76 Å². The molecule has 1 amide bonds. The standard InChI is InChI=1S/C18H21ClN2O2/c1-18(2)16(11-5-7-21(18)8-6-11)20-17(22)15-9-12-3-4-13(19)10-14(12)23-15/h3-4,9-11,16H,5-8H2,1-2H3,(H,20,22)/t16-/m1/s1. The summed E-state index contributed by atoms with van der Waals surface area (Å²) in [6.45, 7) is 6.71. The Morgan fingerprint density at radius 2 is 2.04 bits per heavy atom. The molecular formula is C18H21ClN2O2. The van der Waals surface area contributed by atoms with Crippen LogP contribution in [0.5, 0.6) is 0 Å². The lowest BCUT2D eigenvalue weighted by atomic mass is 9.72. The highest BCUT2D eigenvalue weighted by molar-refractivity contribution is 6.31. The van der Waals surface area contributed by atoms with Crippen molar-refractivity contribution < 1.29 is 9.21 Å². The SMILES string of the molecule is CC1(C)[C@H](NC(=O)c2cc3ccc(Cl)cc3o2)C2CCN1CC2. The van der Waals surface area contributed by atoms with Gasteiger partial charge in [0.05, 0.1) is 0 Å². The van der Waals surface area contributed by atoms with Crippen LogP contribution >= 0.6 is 11.6 Å². The van der Waals surface area contributed by atoms with Crippen molar-refractivity contribution >= 4 is 28.5 Å². The molecule has 3 aliphatic rings. The van der Waals surface area contributed by atoms with Gasteiger partial charge in [0.2, 0.25) is 0 Å². The highest BCUT2D eigenvalue weighted by Gasteiger charge is 2.48. The minimum Gasteiger partial charge on any atom is -0.451 e. The summed E-state index contributed by atoms with van der Waals surface area (Å²) in [5.74, 6) is 0.774. The van der Waals surface area contributed by atoms with Gasteiger partial charge in [-0.3, -0.25) is 9.69 Å². The summed E-state index contributed by atoms with van der Waals surface area (Å²) in [5.41, 5.74) is 0.641. The number of carbonyl (C=O) groups is 1. The first-order chi connectivity index (χ1) is 10.9. The largest absolute Gasteiger partial charge is 0.451 e. The Morgan fingerprint density at radius 3 is 2.74 bits per heavy atom. The van der Waals surface area contributed by atoms with Crippen LogP contribution < -0.4 is 5.32 Å². The number of rotatable bonds is 2. The zero-order chi connectivity index (χ0) is 16.2. The number of hydrogen-bond acceptors (Lipinski definition) is 3. The summed E-state index contributed by atoms with van der Waals surface area (Å²) in [4.78, 5) is 15.2. The zero-order valence-corrected chi connectivity index (χ0v) is 14.2. The normalized spacial score (nSPS) is 28.9. The van der Waals surface area contributed by atoms with Crippen LogP contribution in [0.2, 0.25) is 5.02 Å². The van der Waals surface area contributed by atoms with E-state index in [4.69, 9.17) is 16.0 Å². The molecule has 0 aliphatic carbocycles. The van der Waals surface area contributed by atoms with Crippen LogP contribution in [0.4, 0.5) is 0 Å². The predicted molar refractivity (Wildman–Crippen MR) is 90.9 cm³/mol. The van der Waals surface area contributed by atoms with Gasteiger partial charge in [0.25, 0.3) is 5.91 Å². The molecule has 1 N–H and O–H groups in total. The third-order valence-corrected chi connectivity index (χ3v) is 5.81. The second kappa shape index (κ2) is 5.25. The van der Waals surface area contributed by atoms with Crippen molar-refractivity contribution in [3.05, 3.63) is 35.0 Å².